The van der Waals surface area contributed by atoms with Crippen LogP contribution in [0.15, 0.2) is 47.6 Å². The van der Waals surface area contributed by atoms with Gasteiger partial charge >= 0.3 is 0 Å². The highest BCUT2D eigenvalue weighted by Crippen LogP contribution is 2.21. The van der Waals surface area contributed by atoms with Crippen LogP contribution in [-0.2, 0) is 4.79 Å². The highest BCUT2D eigenvalue weighted by molar-refractivity contribution is 6.36. The van der Waals surface area contributed by atoms with Crippen LogP contribution in [0.5, 0.6) is 5.75 Å². The number of nitrogens with one attached hydrogen (secondary N) is 2. The minimum absolute atomic E-state index is 0.161. The second kappa shape index (κ2) is 10.8. The molecule has 0 radical (unpaired) electrons. The minimum atomic E-state index is -0.785. The van der Waals surface area contributed by atoms with Gasteiger partial charge in [-0.1, -0.05) is 37.0 Å². The molecule has 0 saturated carbocycles. The lowest BCUT2D eigenvalue weighted by Crippen LogP contribution is -2.48. The smallest absolute Gasteiger partial charge is 0.262 e. The van der Waals surface area contributed by atoms with Crippen LogP contribution in [0.25, 0.3) is 0 Å². The van der Waals surface area contributed by atoms with E-state index in [1.54, 1.807) is 6.07 Å². The monoisotopic (exact) mass is 435 g/mol. The van der Waals surface area contributed by atoms with Crippen molar-refractivity contribution in [3.8, 4) is 5.75 Å². The van der Waals surface area contributed by atoms with E-state index in [2.05, 4.69) is 15.8 Å². The predicted molar refractivity (Wildman–Crippen MR) is 116 cm³/mol. The Morgan fingerprint density at radius 3 is 2.41 bits per heavy atom. The maximum absolute atomic E-state index is 12.5. The van der Waals surface area contributed by atoms with E-state index in [9.17, 15) is 9.59 Å². The summed E-state index contributed by atoms with van der Waals surface area (Å²) >= 11 is 11.9. The number of benzene rings is 2. The molecule has 0 bridgehead atoms. The number of hydrogen-bond donors (Lipinski definition) is 2. The predicted octanol–water partition coefficient (Wildman–Crippen LogP) is 4.30. The summed E-state index contributed by atoms with van der Waals surface area (Å²) in [6.45, 7) is 6.15. The Labute approximate surface area is 180 Å². The second-order valence-electron chi connectivity index (χ2n) is 6.56. The molecule has 0 spiro atoms. The fraction of sp³-hybridized carbons (Fsp3) is 0.286. The van der Waals surface area contributed by atoms with E-state index in [1.807, 2.05) is 45.0 Å². The lowest BCUT2D eigenvalue weighted by molar-refractivity contribution is -0.123. The molecule has 2 N–H and O–H groups in total. The van der Waals surface area contributed by atoms with Crippen LogP contribution in [0.4, 0.5) is 0 Å². The third kappa shape index (κ3) is 6.76. The van der Waals surface area contributed by atoms with Gasteiger partial charge in [0, 0.05) is 5.02 Å². The van der Waals surface area contributed by atoms with Crippen molar-refractivity contribution in [1.82, 2.24) is 10.7 Å². The van der Waals surface area contributed by atoms with Crippen molar-refractivity contribution < 1.29 is 14.3 Å². The molecule has 1 atom stereocenters. The molecule has 6 nitrogen and oxygen atoms in total. The van der Waals surface area contributed by atoms with Crippen molar-refractivity contribution in [3.05, 3.63) is 63.6 Å². The number of amides is 2. The van der Waals surface area contributed by atoms with Crippen LogP contribution < -0.4 is 15.5 Å². The second-order valence-corrected chi connectivity index (χ2v) is 7.40. The lowest BCUT2D eigenvalue weighted by Gasteiger charge is -2.20. The number of halogens is 2. The Morgan fingerprint density at radius 1 is 1.14 bits per heavy atom. The lowest BCUT2D eigenvalue weighted by atomic mass is 10.0. The Kier molecular flexibility index (Phi) is 8.49. The molecule has 0 aliphatic carbocycles. The topological polar surface area (TPSA) is 79.8 Å². The molecule has 0 aromatic heterocycles. The summed E-state index contributed by atoms with van der Waals surface area (Å²) in [6.07, 6.45) is 1.52. The molecule has 0 saturated heterocycles. The van der Waals surface area contributed by atoms with Crippen LogP contribution in [0.1, 0.15) is 36.7 Å². The maximum Gasteiger partial charge on any atom is 0.262 e. The van der Waals surface area contributed by atoms with E-state index in [-0.39, 0.29) is 16.5 Å². The largest absolute Gasteiger partial charge is 0.494 e. The van der Waals surface area contributed by atoms with Gasteiger partial charge in [-0.2, -0.15) is 5.10 Å². The molecular weight excluding hydrogens is 413 g/mol. The Bertz CT molecular complexity index is 883. The first-order valence-electron chi connectivity index (χ1n) is 9.13. The quantitative estimate of drug-likeness (QED) is 0.479. The molecule has 2 amide bonds. The summed E-state index contributed by atoms with van der Waals surface area (Å²) in [7, 11) is 0. The van der Waals surface area contributed by atoms with Gasteiger partial charge in [0.2, 0.25) is 0 Å². The summed E-state index contributed by atoms with van der Waals surface area (Å²) in [5.41, 5.74) is 3.50. The fourth-order valence-electron chi connectivity index (χ4n) is 2.48. The van der Waals surface area contributed by atoms with Gasteiger partial charge in [-0.05, 0) is 60.9 Å². The number of carbonyl (C=O) groups is 2. The van der Waals surface area contributed by atoms with Gasteiger partial charge in [0.15, 0.2) is 0 Å². The highest BCUT2D eigenvalue weighted by Gasteiger charge is 2.25. The van der Waals surface area contributed by atoms with Gasteiger partial charge in [-0.25, -0.2) is 5.43 Å². The van der Waals surface area contributed by atoms with E-state index in [0.29, 0.717) is 11.6 Å². The van der Waals surface area contributed by atoms with Crippen molar-refractivity contribution >= 4 is 41.2 Å². The van der Waals surface area contributed by atoms with Gasteiger partial charge in [-0.15, -0.1) is 0 Å². The summed E-state index contributed by atoms with van der Waals surface area (Å²) < 4.78 is 5.38. The normalized spacial score (nSPS) is 12.1. The van der Waals surface area contributed by atoms with Gasteiger partial charge in [-0.3, -0.25) is 9.59 Å². The molecule has 154 valence electrons. The molecule has 0 fully saturated rings. The number of nitrogens with zero attached hydrogens (tertiary/aromatic N) is 1. The maximum atomic E-state index is 12.5. The molecule has 0 aliphatic rings. The molecule has 0 heterocycles. The van der Waals surface area contributed by atoms with Gasteiger partial charge < -0.3 is 10.1 Å². The average Bonchev–Trinajstić information content (AvgIpc) is 2.67. The summed E-state index contributed by atoms with van der Waals surface area (Å²) in [4.78, 5) is 25.0. The van der Waals surface area contributed by atoms with Crippen molar-refractivity contribution in [1.29, 1.82) is 0 Å². The summed E-state index contributed by atoms with van der Waals surface area (Å²) in [5, 5.41) is 7.30. The van der Waals surface area contributed by atoms with E-state index in [1.165, 1.54) is 18.3 Å². The molecule has 29 heavy (non-hydrogen) atoms. The third-order valence-electron chi connectivity index (χ3n) is 3.99. The average molecular weight is 436 g/mol. The van der Waals surface area contributed by atoms with Crippen LogP contribution in [0, 0.1) is 5.92 Å². The molecule has 2 rings (SSSR count). The minimum Gasteiger partial charge on any atom is -0.494 e. The van der Waals surface area contributed by atoms with Crippen LogP contribution in [0.3, 0.4) is 0 Å². The van der Waals surface area contributed by atoms with Crippen LogP contribution in [0.2, 0.25) is 10.0 Å². The summed E-state index contributed by atoms with van der Waals surface area (Å²) in [5.74, 6) is -0.292. The van der Waals surface area contributed by atoms with E-state index >= 15 is 0 Å². The van der Waals surface area contributed by atoms with Gasteiger partial charge in [0.05, 0.1) is 23.4 Å². The Hall–Kier alpha value is -2.57. The summed E-state index contributed by atoms with van der Waals surface area (Å²) in [6, 6.07) is 11.1. The number of rotatable bonds is 8. The molecule has 2 aromatic rings. The highest BCUT2D eigenvalue weighted by atomic mass is 35.5. The van der Waals surface area contributed by atoms with Crippen molar-refractivity contribution in [2.45, 2.75) is 26.8 Å². The first-order chi connectivity index (χ1) is 13.8. The first-order valence-corrected chi connectivity index (χ1v) is 9.89. The zero-order valence-corrected chi connectivity index (χ0v) is 17.9. The van der Waals surface area contributed by atoms with E-state index in [0.717, 1.165) is 11.3 Å². The van der Waals surface area contributed by atoms with Crippen LogP contribution >= 0.6 is 23.2 Å². The van der Waals surface area contributed by atoms with E-state index < -0.39 is 17.9 Å². The number of hydrogen-bond acceptors (Lipinski definition) is 4. The van der Waals surface area contributed by atoms with Crippen molar-refractivity contribution in [2.24, 2.45) is 11.0 Å². The van der Waals surface area contributed by atoms with Crippen LogP contribution in [-0.4, -0.2) is 30.7 Å². The van der Waals surface area contributed by atoms with Gasteiger partial charge in [0.25, 0.3) is 11.8 Å². The molecule has 0 aliphatic heterocycles. The molecule has 2 aromatic carbocycles. The number of hydrazone groups is 1. The number of carbonyl (C=O) groups excluding carboxylic acids is 2. The van der Waals surface area contributed by atoms with E-state index in [4.69, 9.17) is 27.9 Å². The standard InChI is InChI=1S/C21H23Cl2N3O3/c1-4-29-16-8-5-14(6-9-16)12-24-26-21(28)19(13(2)3)25-20(27)17-10-7-15(22)11-18(17)23/h5-13,19H,4H2,1-3H3,(H,25,27)(H,26,28). The Balaban J connectivity index is 2.00. The molecular formula is C21H23Cl2N3O3. The zero-order valence-electron chi connectivity index (χ0n) is 16.4. The number of ether oxygens (including phenoxy) is 1. The molecule has 8 heteroatoms. The zero-order chi connectivity index (χ0) is 21.4. The Morgan fingerprint density at radius 2 is 1.83 bits per heavy atom. The first kappa shape index (κ1) is 22.7. The van der Waals surface area contributed by atoms with Crippen molar-refractivity contribution in [2.75, 3.05) is 6.61 Å². The molecule has 1 unspecified atom stereocenters. The van der Waals surface area contributed by atoms with Gasteiger partial charge in [0.1, 0.15) is 11.8 Å². The SMILES string of the molecule is CCOc1ccc(C=NNC(=O)C(NC(=O)c2ccc(Cl)cc2Cl)C(C)C)cc1. The third-order valence-corrected chi connectivity index (χ3v) is 4.54. The fourth-order valence-corrected chi connectivity index (χ4v) is 2.98. The van der Waals surface area contributed by atoms with Crippen molar-refractivity contribution in [3.63, 3.8) is 0 Å².